The van der Waals surface area contributed by atoms with Crippen LogP contribution in [0, 0.1) is 5.82 Å². The summed E-state index contributed by atoms with van der Waals surface area (Å²) >= 11 is 2.36. The number of hydrogen-bond acceptors (Lipinski definition) is 10. The number of anilines is 1. The van der Waals surface area contributed by atoms with Gasteiger partial charge in [0, 0.05) is 11.3 Å². The number of thioether (sulfide) groups is 1. The van der Waals surface area contributed by atoms with E-state index >= 15 is 0 Å². The maximum atomic E-state index is 14.3. The first-order valence-corrected chi connectivity index (χ1v) is 17.4. The molecule has 9 nitrogen and oxygen atoms in total. The van der Waals surface area contributed by atoms with Gasteiger partial charge in [-0.25, -0.2) is 4.39 Å². The van der Waals surface area contributed by atoms with Gasteiger partial charge in [0.15, 0.2) is 15.8 Å². The molecule has 5 aromatic rings. The molecule has 1 aliphatic rings. The van der Waals surface area contributed by atoms with Crippen LogP contribution in [0.3, 0.4) is 0 Å². The Labute approximate surface area is 291 Å². The minimum atomic E-state index is -1.08. The molecule has 1 N–H and O–H groups in total. The molecule has 4 aromatic carbocycles. The summed E-state index contributed by atoms with van der Waals surface area (Å²) in [6, 6.07) is 26.8. The number of carbonyl (C=O) groups excluding carboxylic acids is 2. The lowest BCUT2D eigenvalue weighted by atomic mass is 9.95. The van der Waals surface area contributed by atoms with Crippen molar-refractivity contribution in [1.29, 1.82) is 0 Å². The van der Waals surface area contributed by atoms with E-state index in [1.807, 2.05) is 44.2 Å². The van der Waals surface area contributed by atoms with E-state index in [2.05, 4.69) is 10.2 Å². The molecule has 49 heavy (non-hydrogen) atoms. The molecule has 1 saturated heterocycles. The van der Waals surface area contributed by atoms with Crippen LogP contribution >= 0.6 is 23.1 Å². The van der Waals surface area contributed by atoms with E-state index in [4.69, 9.17) is 14.2 Å². The zero-order valence-corrected chi connectivity index (χ0v) is 28.3. The fourth-order valence-electron chi connectivity index (χ4n) is 5.31. The number of ketones is 1. The second-order valence-corrected chi connectivity index (χ2v) is 12.9. The van der Waals surface area contributed by atoms with Crippen molar-refractivity contribution in [3.05, 3.63) is 131 Å². The molecule has 1 atom stereocenters. The van der Waals surface area contributed by atoms with Gasteiger partial charge in [-0.1, -0.05) is 77.7 Å². The van der Waals surface area contributed by atoms with Crippen LogP contribution in [0.1, 0.15) is 42.1 Å². The number of halogens is 1. The number of nitrogens with zero attached hydrogens (tertiary/aromatic N) is 3. The average molecular weight is 698 g/mol. The van der Waals surface area contributed by atoms with E-state index in [-0.39, 0.29) is 22.3 Å². The number of hydrogen-bond donors (Lipinski definition) is 1. The van der Waals surface area contributed by atoms with E-state index < -0.39 is 17.7 Å². The predicted octanol–water partition coefficient (Wildman–Crippen LogP) is 7.97. The summed E-state index contributed by atoms with van der Waals surface area (Å²) in [6.45, 7) is 4.80. The van der Waals surface area contributed by atoms with E-state index in [1.54, 1.807) is 60.7 Å². The van der Waals surface area contributed by atoms with Crippen LogP contribution in [0.2, 0.25) is 0 Å². The molecular weight excluding hydrogens is 666 g/mol. The van der Waals surface area contributed by atoms with Crippen molar-refractivity contribution in [1.82, 2.24) is 10.2 Å². The summed E-state index contributed by atoms with van der Waals surface area (Å²) in [7, 11) is 0. The smallest absolute Gasteiger partial charge is 0.301 e. The van der Waals surface area contributed by atoms with Crippen LogP contribution in [0.15, 0.2) is 107 Å². The third-order valence-electron chi connectivity index (χ3n) is 7.61. The first kappa shape index (κ1) is 33.7. The number of aliphatic hydroxyl groups is 1. The maximum Gasteiger partial charge on any atom is 0.301 e. The zero-order chi connectivity index (χ0) is 34.3. The van der Waals surface area contributed by atoms with E-state index in [0.29, 0.717) is 63.9 Å². The van der Waals surface area contributed by atoms with Crippen LogP contribution in [-0.2, 0) is 21.9 Å². The van der Waals surface area contributed by atoms with Gasteiger partial charge < -0.3 is 19.3 Å². The minimum absolute atomic E-state index is 0.120. The molecule has 6 rings (SSSR count). The van der Waals surface area contributed by atoms with Crippen LogP contribution in [0.5, 0.6) is 17.2 Å². The van der Waals surface area contributed by atoms with Crippen LogP contribution in [-0.4, -0.2) is 40.2 Å². The highest BCUT2D eigenvalue weighted by molar-refractivity contribution is 8.00. The topological polar surface area (TPSA) is 111 Å². The third-order valence-corrected chi connectivity index (χ3v) is 9.72. The monoisotopic (exact) mass is 697 g/mol. The van der Waals surface area contributed by atoms with Crippen LogP contribution in [0.25, 0.3) is 5.76 Å². The van der Waals surface area contributed by atoms with Crippen molar-refractivity contribution in [3.63, 3.8) is 0 Å². The molecule has 0 saturated carbocycles. The van der Waals surface area contributed by atoms with E-state index in [0.717, 1.165) is 16.9 Å². The summed E-state index contributed by atoms with van der Waals surface area (Å²) in [4.78, 5) is 28.8. The number of benzene rings is 4. The van der Waals surface area contributed by atoms with Gasteiger partial charge in [-0.2, -0.15) is 0 Å². The Morgan fingerprint density at radius 3 is 2.35 bits per heavy atom. The normalized spacial score (nSPS) is 15.4. The van der Waals surface area contributed by atoms with Gasteiger partial charge in [0.1, 0.15) is 23.9 Å². The second kappa shape index (κ2) is 15.3. The van der Waals surface area contributed by atoms with Gasteiger partial charge >= 0.3 is 5.91 Å². The molecular formula is C37H32FN3O6S2. The van der Waals surface area contributed by atoms with E-state index in [1.165, 1.54) is 22.7 Å². The molecule has 1 aromatic heterocycles. The summed E-state index contributed by atoms with van der Waals surface area (Å²) < 4.78 is 32.3. The first-order valence-electron chi connectivity index (χ1n) is 15.5. The van der Waals surface area contributed by atoms with Crippen molar-refractivity contribution in [2.45, 2.75) is 36.6 Å². The fraction of sp³-hybridized carbons (Fsp3) is 0.189. The second-order valence-electron chi connectivity index (χ2n) is 10.8. The average Bonchev–Trinajstić information content (AvgIpc) is 3.69. The molecule has 0 bridgehead atoms. The fourth-order valence-corrected chi connectivity index (χ4v) is 7.16. The highest BCUT2D eigenvalue weighted by Gasteiger charge is 2.48. The van der Waals surface area contributed by atoms with Crippen molar-refractivity contribution in [2.75, 3.05) is 18.1 Å². The number of Topliss-reactive ketones (excluding diaryl/α,β-unsaturated/α-hetero) is 1. The van der Waals surface area contributed by atoms with Crippen molar-refractivity contribution in [3.8, 4) is 17.2 Å². The molecule has 0 aliphatic carbocycles. The SMILES string of the molecule is CCOc1ccc(/C(O)=C2\C(=O)C(=O)N(c3nnc(SCc4ccccc4F)s3)C2c2ccc(OCc3ccccc3)c(OCC)c2)cc1. The molecule has 1 amide bonds. The Hall–Kier alpha value is -5.20. The number of amides is 1. The highest BCUT2D eigenvalue weighted by atomic mass is 32.2. The number of aromatic nitrogens is 2. The molecule has 250 valence electrons. The van der Waals surface area contributed by atoms with Gasteiger partial charge in [0.25, 0.3) is 5.78 Å². The quantitative estimate of drug-likeness (QED) is 0.0431. The minimum Gasteiger partial charge on any atom is -0.507 e. The molecule has 2 heterocycles. The van der Waals surface area contributed by atoms with Crippen molar-refractivity contribution >= 4 is 45.7 Å². The maximum absolute atomic E-state index is 14.3. The summed E-state index contributed by atoms with van der Waals surface area (Å²) in [5.41, 5.74) is 2.16. The number of ether oxygens (including phenoxy) is 3. The molecule has 12 heteroatoms. The van der Waals surface area contributed by atoms with Crippen molar-refractivity contribution in [2.24, 2.45) is 0 Å². The molecule has 1 aliphatic heterocycles. The van der Waals surface area contributed by atoms with Crippen molar-refractivity contribution < 1.29 is 33.3 Å². The zero-order valence-electron chi connectivity index (χ0n) is 26.7. The largest absolute Gasteiger partial charge is 0.507 e. The number of rotatable bonds is 13. The summed E-state index contributed by atoms with van der Waals surface area (Å²) in [6.07, 6.45) is 0. The highest BCUT2D eigenvalue weighted by Crippen LogP contribution is 2.46. The Kier molecular flexibility index (Phi) is 10.6. The Morgan fingerprint density at radius 1 is 0.878 bits per heavy atom. The lowest BCUT2D eigenvalue weighted by molar-refractivity contribution is -0.132. The van der Waals surface area contributed by atoms with Crippen LogP contribution in [0.4, 0.5) is 9.52 Å². The lowest BCUT2D eigenvalue weighted by Gasteiger charge is -2.23. The van der Waals surface area contributed by atoms with Gasteiger partial charge in [0.05, 0.1) is 24.8 Å². The predicted molar refractivity (Wildman–Crippen MR) is 187 cm³/mol. The van der Waals surface area contributed by atoms with Crippen LogP contribution < -0.4 is 19.1 Å². The Morgan fingerprint density at radius 2 is 1.61 bits per heavy atom. The molecule has 0 spiro atoms. The Bertz CT molecular complexity index is 1980. The van der Waals surface area contributed by atoms with E-state index in [9.17, 15) is 19.1 Å². The lowest BCUT2D eigenvalue weighted by Crippen LogP contribution is -2.29. The Balaban J connectivity index is 1.39. The van der Waals surface area contributed by atoms with Gasteiger partial charge in [-0.15, -0.1) is 10.2 Å². The van der Waals surface area contributed by atoms with Gasteiger partial charge in [0.2, 0.25) is 5.13 Å². The number of aliphatic hydroxyl groups excluding tert-OH is 1. The van der Waals surface area contributed by atoms with Gasteiger partial charge in [-0.3, -0.25) is 14.5 Å². The summed E-state index contributed by atoms with van der Waals surface area (Å²) in [5.74, 6) is -0.671. The first-order chi connectivity index (χ1) is 23.9. The number of carbonyl (C=O) groups is 2. The molecule has 1 fully saturated rings. The molecule has 1 unspecified atom stereocenters. The standard InChI is InChI=1S/C37H32FN3O6S2/c1-3-45-27-17-14-24(15-18-27)33(42)31-32(25-16-19-29(30(20-25)46-4-2)47-21-23-10-6-5-7-11-23)41(35(44)34(31)43)36-39-40-37(49-36)48-22-26-12-8-9-13-28(26)38/h5-20,32,42H,3-4,21-22H2,1-2H3/b33-31+. The summed E-state index contributed by atoms with van der Waals surface area (Å²) in [5, 5.41) is 20.3. The molecule has 0 radical (unpaired) electrons. The third kappa shape index (κ3) is 7.45. The van der Waals surface area contributed by atoms with Gasteiger partial charge in [-0.05, 0) is 73.0 Å².